The van der Waals surface area contributed by atoms with Gasteiger partial charge in [-0.25, -0.2) is 0 Å². The van der Waals surface area contributed by atoms with Crippen LogP contribution in [0.25, 0.3) is 6.08 Å². The van der Waals surface area contributed by atoms with Crippen molar-refractivity contribution in [1.29, 1.82) is 0 Å². The smallest absolute Gasteiger partial charge is 0.259 e. The molecule has 0 radical (unpaired) electrons. The number of nitrogens with zero attached hydrogens (tertiary/aromatic N) is 1. The van der Waals surface area contributed by atoms with Crippen molar-refractivity contribution >= 4 is 17.7 Å². The third-order valence-electron chi connectivity index (χ3n) is 1.69. The van der Waals surface area contributed by atoms with E-state index in [1.165, 1.54) is 0 Å². The minimum atomic E-state index is -4.57. The molecule has 1 rings (SSSR count). The van der Waals surface area contributed by atoms with E-state index in [2.05, 4.69) is 0 Å². The van der Waals surface area contributed by atoms with Crippen LogP contribution in [0, 0.1) is 10.1 Å². The van der Waals surface area contributed by atoms with Crippen LogP contribution in [0.5, 0.6) is 0 Å². The quantitative estimate of drug-likeness (QED) is 0.595. The summed E-state index contributed by atoms with van der Waals surface area (Å²) < 4.78 is 37.4. The first-order valence-corrected chi connectivity index (χ1v) is 4.37. The topological polar surface area (TPSA) is 43.1 Å². The molecule has 3 nitrogen and oxygen atoms in total. The van der Waals surface area contributed by atoms with Crippen LogP contribution >= 0.6 is 11.6 Å². The zero-order valence-corrected chi connectivity index (χ0v) is 8.42. The highest BCUT2D eigenvalue weighted by molar-refractivity contribution is 6.30. The first kappa shape index (κ1) is 12.5. The summed E-state index contributed by atoms with van der Waals surface area (Å²) in [6.07, 6.45) is -3.38. The van der Waals surface area contributed by atoms with Gasteiger partial charge in [0.2, 0.25) is 6.20 Å². The fraction of sp³-hybridized carbons (Fsp3) is 0.111. The molecule has 0 saturated carbocycles. The van der Waals surface area contributed by atoms with Crippen LogP contribution in [0.4, 0.5) is 13.2 Å². The number of benzene rings is 1. The lowest BCUT2D eigenvalue weighted by Gasteiger charge is -2.09. The van der Waals surface area contributed by atoms with Crippen molar-refractivity contribution in [2.75, 3.05) is 0 Å². The van der Waals surface area contributed by atoms with E-state index < -0.39 is 16.7 Å². The minimum Gasteiger partial charge on any atom is -0.259 e. The second-order valence-corrected chi connectivity index (χ2v) is 3.27. The van der Waals surface area contributed by atoms with Gasteiger partial charge in [0, 0.05) is 11.1 Å². The lowest BCUT2D eigenvalue weighted by molar-refractivity contribution is -0.400. The monoisotopic (exact) mass is 251 g/mol. The molecule has 16 heavy (non-hydrogen) atoms. The molecular formula is C9H5ClF3NO2. The van der Waals surface area contributed by atoms with E-state index in [0.717, 1.165) is 24.3 Å². The molecule has 0 aliphatic carbocycles. The average Bonchev–Trinajstić information content (AvgIpc) is 2.12. The van der Waals surface area contributed by atoms with Crippen LogP contribution in [0.2, 0.25) is 5.02 Å². The zero-order chi connectivity index (χ0) is 12.3. The maximum atomic E-state index is 12.5. The van der Waals surface area contributed by atoms with Crippen molar-refractivity contribution in [2.24, 2.45) is 0 Å². The Morgan fingerprint density at radius 1 is 1.38 bits per heavy atom. The molecule has 0 spiro atoms. The maximum Gasteiger partial charge on any atom is 0.416 e. The molecule has 0 unspecified atom stereocenters. The van der Waals surface area contributed by atoms with Gasteiger partial charge in [0.1, 0.15) is 0 Å². The molecule has 7 heteroatoms. The molecule has 0 heterocycles. The van der Waals surface area contributed by atoms with Crippen molar-refractivity contribution in [3.63, 3.8) is 0 Å². The van der Waals surface area contributed by atoms with Crippen LogP contribution in [0.1, 0.15) is 11.1 Å². The van der Waals surface area contributed by atoms with E-state index in [1.807, 2.05) is 0 Å². The highest BCUT2D eigenvalue weighted by Gasteiger charge is 2.32. The summed E-state index contributed by atoms with van der Waals surface area (Å²) in [5, 5.41) is 10.1. The SMILES string of the molecule is O=[N+]([O-])C=Cc1cc(Cl)ccc1C(F)(F)F. The highest BCUT2D eigenvalue weighted by Crippen LogP contribution is 2.33. The predicted octanol–water partition coefficient (Wildman–Crippen LogP) is 3.61. The standard InChI is InChI=1S/C9H5ClF3NO2/c10-7-1-2-8(9(11,12)13)6(5-7)3-4-14(15)16/h1-5H. The Morgan fingerprint density at radius 2 is 2.00 bits per heavy atom. The van der Waals surface area contributed by atoms with Gasteiger partial charge < -0.3 is 0 Å². The Bertz CT molecular complexity index is 443. The van der Waals surface area contributed by atoms with E-state index in [4.69, 9.17) is 11.6 Å². The van der Waals surface area contributed by atoms with Crippen LogP contribution in [-0.4, -0.2) is 4.92 Å². The van der Waals surface area contributed by atoms with Crippen LogP contribution in [0.3, 0.4) is 0 Å². The molecule has 0 fully saturated rings. The van der Waals surface area contributed by atoms with Gasteiger partial charge in [0.25, 0.3) is 0 Å². The number of nitro groups is 1. The molecular weight excluding hydrogens is 247 g/mol. The number of hydrogen-bond acceptors (Lipinski definition) is 2. The van der Waals surface area contributed by atoms with Gasteiger partial charge in [-0.15, -0.1) is 0 Å². The zero-order valence-electron chi connectivity index (χ0n) is 7.66. The molecule has 0 bridgehead atoms. The minimum absolute atomic E-state index is 0.0796. The van der Waals surface area contributed by atoms with Crippen molar-refractivity contribution in [3.8, 4) is 0 Å². The molecule has 1 aromatic carbocycles. The Balaban J connectivity index is 3.24. The molecule has 86 valence electrons. The summed E-state index contributed by atoms with van der Waals surface area (Å²) in [5.74, 6) is 0. The van der Waals surface area contributed by atoms with Gasteiger partial charge in [0.05, 0.1) is 10.5 Å². The van der Waals surface area contributed by atoms with Crippen LogP contribution < -0.4 is 0 Å². The van der Waals surface area contributed by atoms with Gasteiger partial charge in [-0.3, -0.25) is 10.1 Å². The number of halogens is 4. The van der Waals surface area contributed by atoms with E-state index in [1.54, 1.807) is 0 Å². The Labute approximate surface area is 93.3 Å². The van der Waals surface area contributed by atoms with E-state index in [9.17, 15) is 23.3 Å². The third-order valence-corrected chi connectivity index (χ3v) is 1.93. The van der Waals surface area contributed by atoms with Crippen molar-refractivity contribution in [1.82, 2.24) is 0 Å². The average molecular weight is 252 g/mol. The molecule has 0 aliphatic rings. The first-order valence-electron chi connectivity index (χ1n) is 3.99. The maximum absolute atomic E-state index is 12.5. The second-order valence-electron chi connectivity index (χ2n) is 2.83. The largest absolute Gasteiger partial charge is 0.416 e. The second kappa shape index (κ2) is 4.52. The summed E-state index contributed by atoms with van der Waals surface area (Å²) in [4.78, 5) is 9.18. The molecule has 0 amide bonds. The normalized spacial score (nSPS) is 12.0. The lowest BCUT2D eigenvalue weighted by atomic mass is 10.1. The molecule has 0 aromatic heterocycles. The van der Waals surface area contributed by atoms with Crippen molar-refractivity contribution in [2.45, 2.75) is 6.18 Å². The number of rotatable bonds is 2. The third kappa shape index (κ3) is 3.23. The summed E-state index contributed by atoms with van der Waals surface area (Å²) in [6.45, 7) is 0. The first-order chi connectivity index (χ1) is 7.30. The van der Waals surface area contributed by atoms with Crippen molar-refractivity contribution < 1.29 is 18.1 Å². The Kier molecular flexibility index (Phi) is 3.54. The number of hydrogen-bond donors (Lipinski definition) is 0. The van der Waals surface area contributed by atoms with Gasteiger partial charge in [-0.05, 0) is 23.8 Å². The fourth-order valence-corrected chi connectivity index (χ4v) is 1.25. The summed E-state index contributed by atoms with van der Waals surface area (Å²) in [7, 11) is 0. The molecule has 0 aliphatic heterocycles. The van der Waals surface area contributed by atoms with E-state index in [0.29, 0.717) is 6.20 Å². The van der Waals surface area contributed by atoms with Gasteiger partial charge in [0.15, 0.2) is 0 Å². The van der Waals surface area contributed by atoms with Gasteiger partial charge in [-0.1, -0.05) is 11.6 Å². The van der Waals surface area contributed by atoms with Crippen LogP contribution in [0.15, 0.2) is 24.4 Å². The molecule has 0 saturated heterocycles. The summed E-state index contributed by atoms with van der Waals surface area (Å²) in [5.41, 5.74) is -1.30. The van der Waals surface area contributed by atoms with Gasteiger partial charge in [-0.2, -0.15) is 13.2 Å². The van der Waals surface area contributed by atoms with E-state index >= 15 is 0 Å². The van der Waals surface area contributed by atoms with Crippen LogP contribution in [-0.2, 0) is 6.18 Å². The number of alkyl halides is 3. The van der Waals surface area contributed by atoms with Crippen molar-refractivity contribution in [3.05, 3.63) is 50.7 Å². The Morgan fingerprint density at radius 3 is 2.50 bits per heavy atom. The summed E-state index contributed by atoms with van der Waals surface area (Å²) >= 11 is 5.51. The van der Waals surface area contributed by atoms with E-state index in [-0.39, 0.29) is 10.6 Å². The fourth-order valence-electron chi connectivity index (χ4n) is 1.07. The Hall–Kier alpha value is -1.56. The lowest BCUT2D eigenvalue weighted by Crippen LogP contribution is -2.07. The highest BCUT2D eigenvalue weighted by atomic mass is 35.5. The summed E-state index contributed by atoms with van der Waals surface area (Å²) in [6, 6.07) is 2.88. The molecule has 0 N–H and O–H groups in total. The predicted molar refractivity (Wildman–Crippen MR) is 52.5 cm³/mol. The molecule has 0 atom stereocenters. The molecule has 1 aromatic rings. The van der Waals surface area contributed by atoms with Gasteiger partial charge >= 0.3 is 6.18 Å².